The molecule has 3 amide bonds. The lowest BCUT2D eigenvalue weighted by Crippen LogP contribution is -2.37. The first-order chi connectivity index (χ1) is 14.6. The average Bonchev–Trinajstić information content (AvgIpc) is 3.52. The van der Waals surface area contributed by atoms with Crippen LogP contribution in [0.25, 0.3) is 0 Å². The number of likely N-dealkylation sites (tertiary alicyclic amines) is 1. The first-order valence-electron chi connectivity index (χ1n) is 10.8. The van der Waals surface area contributed by atoms with Gasteiger partial charge in [-0.1, -0.05) is 0 Å². The van der Waals surface area contributed by atoms with E-state index in [9.17, 15) is 14.4 Å². The van der Waals surface area contributed by atoms with E-state index < -0.39 is 0 Å². The van der Waals surface area contributed by atoms with Crippen LogP contribution in [0.3, 0.4) is 0 Å². The van der Waals surface area contributed by atoms with Crippen molar-refractivity contribution in [3.05, 3.63) is 24.3 Å². The van der Waals surface area contributed by atoms with Gasteiger partial charge in [0, 0.05) is 44.9 Å². The number of anilines is 1. The Labute approximate surface area is 176 Å². The Kier molecular flexibility index (Phi) is 6.52. The average molecular weight is 415 g/mol. The minimum atomic E-state index is -0.354. The van der Waals surface area contributed by atoms with Crippen LogP contribution in [0.5, 0.6) is 5.75 Å². The third kappa shape index (κ3) is 4.92. The molecule has 8 heteroatoms. The first-order valence-corrected chi connectivity index (χ1v) is 10.8. The van der Waals surface area contributed by atoms with E-state index in [1.807, 2.05) is 4.90 Å². The van der Waals surface area contributed by atoms with Gasteiger partial charge in [0.1, 0.15) is 5.75 Å². The summed E-state index contributed by atoms with van der Waals surface area (Å²) in [6.07, 6.45) is 4.40. The summed E-state index contributed by atoms with van der Waals surface area (Å²) in [5.74, 6) is 0.0757. The van der Waals surface area contributed by atoms with Gasteiger partial charge in [0.15, 0.2) is 6.61 Å². The van der Waals surface area contributed by atoms with Crippen molar-refractivity contribution in [1.29, 1.82) is 0 Å². The summed E-state index contributed by atoms with van der Waals surface area (Å²) in [5, 5.41) is 2.92. The van der Waals surface area contributed by atoms with Gasteiger partial charge in [0.05, 0.1) is 12.0 Å². The Hall–Kier alpha value is -2.61. The molecular weight excluding hydrogens is 386 g/mol. The predicted octanol–water partition coefficient (Wildman–Crippen LogP) is 1.34. The normalized spacial score (nSPS) is 23.8. The second-order valence-corrected chi connectivity index (χ2v) is 8.16. The van der Waals surface area contributed by atoms with Crippen molar-refractivity contribution in [2.45, 2.75) is 38.2 Å². The zero-order valence-electron chi connectivity index (χ0n) is 17.2. The highest BCUT2D eigenvalue weighted by Crippen LogP contribution is 2.27. The van der Waals surface area contributed by atoms with Crippen LogP contribution in [-0.4, -0.2) is 68.1 Å². The summed E-state index contributed by atoms with van der Waals surface area (Å²) in [6.45, 7) is 3.26. The molecule has 3 aliphatic rings. The Morgan fingerprint density at radius 1 is 1.13 bits per heavy atom. The number of nitrogens with zero attached hydrogens (tertiary/aromatic N) is 2. The lowest BCUT2D eigenvalue weighted by atomic mass is 10.1. The van der Waals surface area contributed by atoms with Crippen molar-refractivity contribution in [3.8, 4) is 5.75 Å². The number of benzene rings is 1. The molecule has 3 aliphatic heterocycles. The fraction of sp³-hybridized carbons (Fsp3) is 0.591. The highest BCUT2D eigenvalue weighted by molar-refractivity contribution is 6.00. The highest BCUT2D eigenvalue weighted by atomic mass is 16.5. The monoisotopic (exact) mass is 415 g/mol. The molecule has 0 bridgehead atoms. The Morgan fingerprint density at radius 2 is 1.90 bits per heavy atom. The summed E-state index contributed by atoms with van der Waals surface area (Å²) in [6, 6.07) is 7.09. The molecule has 1 N–H and O–H groups in total. The second-order valence-electron chi connectivity index (χ2n) is 8.16. The van der Waals surface area contributed by atoms with Crippen LogP contribution in [-0.2, 0) is 19.1 Å². The number of ether oxygens (including phenoxy) is 2. The summed E-state index contributed by atoms with van der Waals surface area (Å²) in [7, 11) is 0. The molecule has 162 valence electrons. The molecule has 3 heterocycles. The number of carbonyl (C=O) groups excluding carboxylic acids is 3. The molecule has 1 aromatic rings. The number of rotatable bonds is 7. The lowest BCUT2D eigenvalue weighted by molar-refractivity contribution is -0.132. The van der Waals surface area contributed by atoms with Gasteiger partial charge in [-0.2, -0.15) is 0 Å². The standard InChI is InChI=1S/C22H29N3O5/c26-20-12-16(22(28)23-13-19-4-3-11-29-19)14-25(20)17-5-7-18(8-6-17)30-15-21(27)24-9-1-2-10-24/h5-8,16,19H,1-4,9-15H2,(H,23,28)/t16-,19+/m0/s1. The molecule has 3 fully saturated rings. The molecule has 0 aliphatic carbocycles. The maximum Gasteiger partial charge on any atom is 0.260 e. The molecule has 0 unspecified atom stereocenters. The molecule has 1 aromatic carbocycles. The third-order valence-electron chi connectivity index (χ3n) is 5.99. The molecule has 8 nitrogen and oxygen atoms in total. The first kappa shape index (κ1) is 20.7. The van der Waals surface area contributed by atoms with Gasteiger partial charge >= 0.3 is 0 Å². The fourth-order valence-electron chi connectivity index (χ4n) is 4.22. The number of amides is 3. The predicted molar refractivity (Wildman–Crippen MR) is 110 cm³/mol. The molecular formula is C22H29N3O5. The summed E-state index contributed by atoms with van der Waals surface area (Å²) in [4.78, 5) is 40.4. The number of carbonyl (C=O) groups is 3. The summed E-state index contributed by atoms with van der Waals surface area (Å²) >= 11 is 0. The van der Waals surface area contributed by atoms with Crippen molar-refractivity contribution < 1.29 is 23.9 Å². The van der Waals surface area contributed by atoms with Gasteiger partial charge in [-0.3, -0.25) is 14.4 Å². The number of nitrogens with one attached hydrogen (secondary N) is 1. The van der Waals surface area contributed by atoms with Crippen LogP contribution in [0.2, 0.25) is 0 Å². The minimum absolute atomic E-state index is 0.00292. The van der Waals surface area contributed by atoms with Crippen molar-refractivity contribution in [2.24, 2.45) is 5.92 Å². The van der Waals surface area contributed by atoms with E-state index in [-0.39, 0.29) is 42.8 Å². The molecule has 0 saturated carbocycles. The molecule has 0 aromatic heterocycles. The van der Waals surface area contributed by atoms with Gasteiger partial charge in [0.2, 0.25) is 11.8 Å². The summed E-state index contributed by atoms with van der Waals surface area (Å²) in [5.41, 5.74) is 0.729. The van der Waals surface area contributed by atoms with Crippen LogP contribution in [0, 0.1) is 5.92 Å². The van der Waals surface area contributed by atoms with E-state index in [4.69, 9.17) is 9.47 Å². The van der Waals surface area contributed by atoms with Crippen LogP contribution < -0.4 is 15.0 Å². The second kappa shape index (κ2) is 9.47. The van der Waals surface area contributed by atoms with Gasteiger partial charge in [-0.05, 0) is 49.9 Å². The zero-order chi connectivity index (χ0) is 20.9. The molecule has 0 spiro atoms. The molecule has 2 atom stereocenters. The third-order valence-corrected chi connectivity index (χ3v) is 5.99. The molecule has 30 heavy (non-hydrogen) atoms. The van der Waals surface area contributed by atoms with Gasteiger partial charge in [-0.15, -0.1) is 0 Å². The zero-order valence-corrected chi connectivity index (χ0v) is 17.2. The van der Waals surface area contributed by atoms with E-state index in [1.165, 1.54) is 0 Å². The van der Waals surface area contributed by atoms with Crippen LogP contribution in [0.4, 0.5) is 5.69 Å². The van der Waals surface area contributed by atoms with Crippen molar-refractivity contribution >= 4 is 23.4 Å². The Morgan fingerprint density at radius 3 is 2.60 bits per heavy atom. The van der Waals surface area contributed by atoms with E-state index in [2.05, 4.69) is 5.32 Å². The minimum Gasteiger partial charge on any atom is -0.484 e. The molecule has 4 rings (SSSR count). The highest BCUT2D eigenvalue weighted by Gasteiger charge is 2.35. The maximum absolute atomic E-state index is 12.4. The van der Waals surface area contributed by atoms with Crippen molar-refractivity contribution in [1.82, 2.24) is 10.2 Å². The van der Waals surface area contributed by atoms with Gasteiger partial charge in [0.25, 0.3) is 5.91 Å². The largest absolute Gasteiger partial charge is 0.484 e. The smallest absolute Gasteiger partial charge is 0.260 e. The topological polar surface area (TPSA) is 88.2 Å². The number of hydrogen-bond acceptors (Lipinski definition) is 5. The van der Waals surface area contributed by atoms with Crippen LogP contribution in [0.15, 0.2) is 24.3 Å². The quantitative estimate of drug-likeness (QED) is 0.726. The molecule has 0 radical (unpaired) electrons. The van der Waals surface area contributed by atoms with Gasteiger partial charge in [-0.25, -0.2) is 0 Å². The molecule has 3 saturated heterocycles. The fourth-order valence-corrected chi connectivity index (χ4v) is 4.22. The van der Waals surface area contributed by atoms with Crippen LogP contribution in [0.1, 0.15) is 32.1 Å². The SMILES string of the molecule is O=C(NC[C@H]1CCCO1)[C@H]1CC(=O)N(c2ccc(OCC(=O)N3CCCC3)cc2)C1. The van der Waals surface area contributed by atoms with Crippen molar-refractivity contribution in [3.63, 3.8) is 0 Å². The van der Waals surface area contributed by atoms with Gasteiger partial charge < -0.3 is 24.6 Å². The van der Waals surface area contributed by atoms with Crippen LogP contribution >= 0.6 is 0 Å². The Balaban J connectivity index is 1.26. The number of hydrogen-bond donors (Lipinski definition) is 1. The lowest BCUT2D eigenvalue weighted by Gasteiger charge is -2.18. The van der Waals surface area contributed by atoms with E-state index in [0.717, 1.165) is 51.1 Å². The Bertz CT molecular complexity index is 769. The van der Waals surface area contributed by atoms with E-state index in [0.29, 0.717) is 18.8 Å². The van der Waals surface area contributed by atoms with E-state index in [1.54, 1.807) is 29.2 Å². The summed E-state index contributed by atoms with van der Waals surface area (Å²) < 4.78 is 11.1. The van der Waals surface area contributed by atoms with Crippen molar-refractivity contribution in [2.75, 3.05) is 44.3 Å². The van der Waals surface area contributed by atoms with E-state index >= 15 is 0 Å². The maximum atomic E-state index is 12.4.